The van der Waals surface area contributed by atoms with Gasteiger partial charge in [0.1, 0.15) is 5.75 Å². The summed E-state index contributed by atoms with van der Waals surface area (Å²) in [5, 5.41) is 17.7. The first-order valence-electron chi connectivity index (χ1n) is 7.45. The zero-order chi connectivity index (χ0) is 15.2. The van der Waals surface area contributed by atoms with Crippen molar-refractivity contribution in [1.29, 1.82) is 0 Å². The first-order valence-corrected chi connectivity index (χ1v) is 7.45. The Morgan fingerprint density at radius 1 is 1.38 bits per heavy atom. The van der Waals surface area contributed by atoms with Gasteiger partial charge in [0.2, 0.25) is 0 Å². The van der Waals surface area contributed by atoms with E-state index in [1.807, 2.05) is 19.9 Å². The fourth-order valence-corrected chi connectivity index (χ4v) is 2.48. The Morgan fingerprint density at radius 3 is 2.71 bits per heavy atom. The lowest BCUT2D eigenvalue weighted by Gasteiger charge is -2.23. The highest BCUT2D eigenvalue weighted by molar-refractivity contribution is 5.56. The van der Waals surface area contributed by atoms with Gasteiger partial charge in [0.25, 0.3) is 5.69 Å². The van der Waals surface area contributed by atoms with Gasteiger partial charge >= 0.3 is 0 Å². The molecule has 2 N–H and O–H groups in total. The highest BCUT2D eigenvalue weighted by atomic mass is 16.6. The summed E-state index contributed by atoms with van der Waals surface area (Å²) in [6.45, 7) is 6.73. The van der Waals surface area contributed by atoms with Gasteiger partial charge in [-0.15, -0.1) is 0 Å². The van der Waals surface area contributed by atoms with Crippen molar-refractivity contribution >= 4 is 11.4 Å². The molecular formula is C15H23N3O3. The number of hydrogen-bond donors (Lipinski definition) is 2. The number of nitrogens with zero attached hydrogens (tertiary/aromatic N) is 1. The van der Waals surface area contributed by atoms with Gasteiger partial charge in [-0.3, -0.25) is 10.1 Å². The van der Waals surface area contributed by atoms with Crippen molar-refractivity contribution in [3.05, 3.63) is 28.3 Å². The smallest absolute Gasteiger partial charge is 0.275 e. The van der Waals surface area contributed by atoms with Crippen molar-refractivity contribution in [2.24, 2.45) is 5.92 Å². The van der Waals surface area contributed by atoms with E-state index in [0.717, 1.165) is 38.2 Å². The second-order valence-corrected chi connectivity index (χ2v) is 5.71. The molecule has 116 valence electrons. The summed E-state index contributed by atoms with van der Waals surface area (Å²) in [7, 11) is 0. The molecule has 0 atom stereocenters. The van der Waals surface area contributed by atoms with Crippen LogP contribution in [0.3, 0.4) is 0 Å². The van der Waals surface area contributed by atoms with E-state index in [1.165, 1.54) is 6.07 Å². The van der Waals surface area contributed by atoms with E-state index in [4.69, 9.17) is 4.74 Å². The van der Waals surface area contributed by atoms with Crippen molar-refractivity contribution in [1.82, 2.24) is 5.32 Å². The molecule has 1 aliphatic rings. The number of nitro groups is 1. The maximum atomic E-state index is 11.0. The third-order valence-corrected chi connectivity index (χ3v) is 3.53. The van der Waals surface area contributed by atoms with Crippen LogP contribution in [-0.2, 0) is 0 Å². The lowest BCUT2D eigenvalue weighted by molar-refractivity contribution is -0.384. The minimum Gasteiger partial charge on any atom is -0.491 e. The zero-order valence-corrected chi connectivity index (χ0v) is 12.6. The minimum absolute atomic E-state index is 0.00993. The number of hydrogen-bond acceptors (Lipinski definition) is 5. The minimum atomic E-state index is -0.386. The Bertz CT molecular complexity index is 485. The Morgan fingerprint density at radius 2 is 2.10 bits per heavy atom. The standard InChI is InChI=1S/C15H23N3O3/c1-11(2)21-15-8-13(7-14(9-15)18(19)20)17-10-12-3-5-16-6-4-12/h7-9,11-12,16-17H,3-6,10H2,1-2H3. The molecule has 0 amide bonds. The maximum Gasteiger partial charge on any atom is 0.275 e. The van der Waals surface area contributed by atoms with Crippen LogP contribution in [0.25, 0.3) is 0 Å². The summed E-state index contributed by atoms with van der Waals surface area (Å²) >= 11 is 0. The number of nitro benzene ring substituents is 1. The molecular weight excluding hydrogens is 270 g/mol. The van der Waals surface area contributed by atoms with Crippen LogP contribution in [-0.4, -0.2) is 30.7 Å². The van der Waals surface area contributed by atoms with Crippen LogP contribution in [0.2, 0.25) is 0 Å². The van der Waals surface area contributed by atoms with Gasteiger partial charge in [-0.25, -0.2) is 0 Å². The molecule has 0 aliphatic carbocycles. The molecule has 21 heavy (non-hydrogen) atoms. The second-order valence-electron chi connectivity index (χ2n) is 5.71. The molecule has 1 aliphatic heterocycles. The number of piperidine rings is 1. The average Bonchev–Trinajstić information content (AvgIpc) is 2.45. The molecule has 0 spiro atoms. The largest absolute Gasteiger partial charge is 0.491 e. The highest BCUT2D eigenvalue weighted by Gasteiger charge is 2.15. The van der Waals surface area contributed by atoms with Crippen molar-refractivity contribution in [2.45, 2.75) is 32.8 Å². The summed E-state index contributed by atoms with van der Waals surface area (Å²) in [6.07, 6.45) is 2.26. The number of nitrogens with one attached hydrogen (secondary N) is 2. The summed E-state index contributed by atoms with van der Waals surface area (Å²) < 4.78 is 5.58. The summed E-state index contributed by atoms with van der Waals surface area (Å²) in [5.41, 5.74) is 0.805. The normalized spacial score (nSPS) is 16.0. The summed E-state index contributed by atoms with van der Waals surface area (Å²) in [5.74, 6) is 1.15. The fraction of sp³-hybridized carbons (Fsp3) is 0.600. The van der Waals surface area contributed by atoms with Gasteiger partial charge in [0, 0.05) is 24.4 Å². The van der Waals surface area contributed by atoms with Crippen LogP contribution in [0.1, 0.15) is 26.7 Å². The third kappa shape index (κ3) is 4.90. The van der Waals surface area contributed by atoms with Gasteiger partial charge in [-0.2, -0.15) is 0 Å². The quantitative estimate of drug-likeness (QED) is 0.623. The van der Waals surface area contributed by atoms with Crippen molar-refractivity contribution in [2.75, 3.05) is 25.0 Å². The predicted molar refractivity (Wildman–Crippen MR) is 82.9 cm³/mol. The molecule has 1 saturated heterocycles. The number of non-ortho nitro benzene ring substituents is 1. The van der Waals surface area contributed by atoms with E-state index in [-0.39, 0.29) is 16.7 Å². The molecule has 0 unspecified atom stereocenters. The van der Waals surface area contributed by atoms with Crippen LogP contribution < -0.4 is 15.4 Å². The zero-order valence-electron chi connectivity index (χ0n) is 12.6. The molecule has 1 aromatic carbocycles. The lowest BCUT2D eigenvalue weighted by Crippen LogP contribution is -2.31. The fourth-order valence-electron chi connectivity index (χ4n) is 2.48. The Hall–Kier alpha value is -1.82. The molecule has 6 nitrogen and oxygen atoms in total. The Balaban J connectivity index is 2.05. The number of anilines is 1. The van der Waals surface area contributed by atoms with E-state index in [9.17, 15) is 10.1 Å². The van der Waals surface area contributed by atoms with E-state index in [0.29, 0.717) is 11.7 Å². The first kappa shape index (κ1) is 15.6. The van der Waals surface area contributed by atoms with Gasteiger partial charge < -0.3 is 15.4 Å². The summed E-state index contributed by atoms with van der Waals surface area (Å²) in [6, 6.07) is 4.86. The van der Waals surface area contributed by atoms with Gasteiger partial charge in [0.15, 0.2) is 0 Å². The van der Waals surface area contributed by atoms with Crippen LogP contribution in [0, 0.1) is 16.0 Å². The molecule has 0 radical (unpaired) electrons. The van der Waals surface area contributed by atoms with Crippen LogP contribution >= 0.6 is 0 Å². The molecule has 1 aromatic rings. The van der Waals surface area contributed by atoms with Crippen LogP contribution in [0.4, 0.5) is 11.4 Å². The van der Waals surface area contributed by atoms with Crippen molar-refractivity contribution in [3.8, 4) is 5.75 Å². The SMILES string of the molecule is CC(C)Oc1cc(NCC2CCNCC2)cc([N+](=O)[O-])c1. The number of ether oxygens (including phenoxy) is 1. The Labute approximate surface area is 125 Å². The van der Waals surface area contributed by atoms with E-state index < -0.39 is 0 Å². The molecule has 0 saturated carbocycles. The lowest BCUT2D eigenvalue weighted by atomic mass is 9.98. The van der Waals surface area contributed by atoms with Gasteiger partial charge in [-0.1, -0.05) is 0 Å². The maximum absolute atomic E-state index is 11.0. The van der Waals surface area contributed by atoms with Gasteiger partial charge in [-0.05, 0) is 45.7 Å². The Kier molecular flexibility index (Phi) is 5.38. The van der Waals surface area contributed by atoms with E-state index in [2.05, 4.69) is 10.6 Å². The molecule has 1 heterocycles. The van der Waals surface area contributed by atoms with Gasteiger partial charge in [0.05, 0.1) is 17.1 Å². The molecule has 0 aromatic heterocycles. The van der Waals surface area contributed by atoms with Crippen molar-refractivity contribution < 1.29 is 9.66 Å². The first-order chi connectivity index (χ1) is 10.0. The van der Waals surface area contributed by atoms with Crippen LogP contribution in [0.5, 0.6) is 5.75 Å². The average molecular weight is 293 g/mol. The number of benzene rings is 1. The topological polar surface area (TPSA) is 76.4 Å². The summed E-state index contributed by atoms with van der Waals surface area (Å²) in [4.78, 5) is 10.6. The molecule has 6 heteroatoms. The van der Waals surface area contributed by atoms with Crippen LogP contribution in [0.15, 0.2) is 18.2 Å². The van der Waals surface area contributed by atoms with E-state index >= 15 is 0 Å². The monoisotopic (exact) mass is 293 g/mol. The predicted octanol–water partition coefficient (Wildman–Crippen LogP) is 2.79. The second kappa shape index (κ2) is 7.26. The highest BCUT2D eigenvalue weighted by Crippen LogP contribution is 2.27. The van der Waals surface area contributed by atoms with Crippen molar-refractivity contribution in [3.63, 3.8) is 0 Å². The number of rotatable bonds is 6. The molecule has 2 rings (SSSR count). The third-order valence-electron chi connectivity index (χ3n) is 3.53. The molecule has 1 fully saturated rings. The molecule has 0 bridgehead atoms. The van der Waals surface area contributed by atoms with E-state index in [1.54, 1.807) is 6.07 Å².